The molecule has 0 aliphatic carbocycles. The van der Waals surface area contributed by atoms with Crippen LogP contribution in [0.2, 0.25) is 0 Å². The van der Waals surface area contributed by atoms with E-state index in [1.165, 1.54) is 19.3 Å². The summed E-state index contributed by atoms with van der Waals surface area (Å²) in [6.07, 6.45) is 7.26. The zero-order valence-corrected chi connectivity index (χ0v) is 14.4. The fourth-order valence-corrected chi connectivity index (χ4v) is 2.99. The number of carbonyl (C=O) groups excluding carboxylic acids is 1. The predicted octanol–water partition coefficient (Wildman–Crippen LogP) is 2.48. The Morgan fingerprint density at radius 1 is 1.14 bits per heavy atom. The molecule has 0 aromatic heterocycles. The lowest BCUT2D eigenvalue weighted by molar-refractivity contribution is -0.133. The van der Waals surface area contributed by atoms with Gasteiger partial charge >= 0.3 is 0 Å². The molecule has 0 radical (unpaired) electrons. The summed E-state index contributed by atoms with van der Waals surface area (Å²) in [5, 5.41) is 0. The Hall–Kier alpha value is -0.610. The van der Waals surface area contributed by atoms with E-state index in [4.69, 9.17) is 5.73 Å². The zero-order chi connectivity index (χ0) is 15.7. The first-order chi connectivity index (χ1) is 9.98. The molecule has 0 saturated carbocycles. The van der Waals surface area contributed by atoms with Gasteiger partial charge in [-0.2, -0.15) is 0 Å². The number of carbonyl (C=O) groups is 1. The molecule has 2 N–H and O–H groups in total. The monoisotopic (exact) mass is 297 g/mol. The highest BCUT2D eigenvalue weighted by Gasteiger charge is 2.23. The van der Waals surface area contributed by atoms with E-state index in [2.05, 4.69) is 30.6 Å². The van der Waals surface area contributed by atoms with Crippen molar-refractivity contribution in [2.45, 2.75) is 59.3 Å². The fraction of sp³-hybridized carbons (Fsp3) is 0.941. The van der Waals surface area contributed by atoms with Gasteiger partial charge in [0.2, 0.25) is 5.91 Å². The first-order valence-electron chi connectivity index (χ1n) is 8.68. The molecule has 0 aromatic rings. The molecule has 1 amide bonds. The van der Waals surface area contributed by atoms with E-state index in [0.717, 1.165) is 45.4 Å². The molecule has 0 atom stereocenters. The van der Waals surface area contributed by atoms with Crippen LogP contribution in [0, 0.1) is 5.41 Å². The van der Waals surface area contributed by atoms with Crippen molar-refractivity contribution in [3.63, 3.8) is 0 Å². The van der Waals surface area contributed by atoms with Gasteiger partial charge in [0.25, 0.3) is 0 Å². The van der Waals surface area contributed by atoms with Crippen molar-refractivity contribution in [2.75, 3.05) is 39.3 Å². The van der Waals surface area contributed by atoms with Gasteiger partial charge in [0.05, 0.1) is 6.54 Å². The van der Waals surface area contributed by atoms with Gasteiger partial charge in [-0.25, -0.2) is 0 Å². The summed E-state index contributed by atoms with van der Waals surface area (Å²) in [6.45, 7) is 11.5. The third kappa shape index (κ3) is 7.28. The summed E-state index contributed by atoms with van der Waals surface area (Å²) < 4.78 is 0. The Bertz CT molecular complexity index is 296. The standard InChI is InChI=1S/C17H35N3O/c1-4-10-19(15-17(2,3)14-18)13-16(21)20-11-8-6-5-7-9-12-20/h4-15,18H2,1-3H3. The van der Waals surface area contributed by atoms with Gasteiger partial charge in [0.1, 0.15) is 0 Å². The summed E-state index contributed by atoms with van der Waals surface area (Å²) in [7, 11) is 0. The number of nitrogens with two attached hydrogens (primary N) is 1. The summed E-state index contributed by atoms with van der Waals surface area (Å²) in [4.78, 5) is 16.9. The first-order valence-corrected chi connectivity index (χ1v) is 8.68. The molecule has 1 aliphatic heterocycles. The van der Waals surface area contributed by atoms with Crippen molar-refractivity contribution in [3.05, 3.63) is 0 Å². The second-order valence-corrected chi connectivity index (χ2v) is 7.23. The quantitative estimate of drug-likeness (QED) is 0.785. The van der Waals surface area contributed by atoms with Crippen LogP contribution in [0.4, 0.5) is 0 Å². The lowest BCUT2D eigenvalue weighted by atomic mass is 9.93. The first kappa shape index (κ1) is 18.4. The molecule has 1 aliphatic rings. The maximum absolute atomic E-state index is 12.6. The summed E-state index contributed by atoms with van der Waals surface area (Å²) in [5.41, 5.74) is 5.92. The van der Waals surface area contributed by atoms with Gasteiger partial charge in [0, 0.05) is 19.6 Å². The van der Waals surface area contributed by atoms with Crippen molar-refractivity contribution in [2.24, 2.45) is 11.1 Å². The highest BCUT2D eigenvalue weighted by atomic mass is 16.2. The maximum Gasteiger partial charge on any atom is 0.236 e. The van der Waals surface area contributed by atoms with Gasteiger partial charge in [-0.3, -0.25) is 9.69 Å². The van der Waals surface area contributed by atoms with E-state index in [0.29, 0.717) is 19.0 Å². The normalized spacial score (nSPS) is 17.7. The predicted molar refractivity (Wildman–Crippen MR) is 89.2 cm³/mol. The Kier molecular flexibility index (Phi) is 8.27. The highest BCUT2D eigenvalue weighted by Crippen LogP contribution is 2.16. The smallest absolute Gasteiger partial charge is 0.236 e. The number of hydrogen-bond donors (Lipinski definition) is 1. The molecule has 0 aromatic carbocycles. The van der Waals surface area contributed by atoms with Crippen LogP contribution in [0.5, 0.6) is 0 Å². The molecule has 1 fully saturated rings. The molecule has 4 heteroatoms. The van der Waals surface area contributed by atoms with E-state index >= 15 is 0 Å². The van der Waals surface area contributed by atoms with Gasteiger partial charge in [-0.05, 0) is 37.8 Å². The average Bonchev–Trinajstić information content (AvgIpc) is 2.37. The van der Waals surface area contributed by atoms with Gasteiger partial charge in [-0.15, -0.1) is 0 Å². The number of nitrogens with zero attached hydrogens (tertiary/aromatic N) is 2. The molecule has 0 bridgehead atoms. The van der Waals surface area contributed by atoms with Crippen molar-refractivity contribution < 1.29 is 4.79 Å². The van der Waals surface area contributed by atoms with Gasteiger partial charge < -0.3 is 10.6 Å². The molecular formula is C17H35N3O. The van der Waals surface area contributed by atoms with E-state index < -0.39 is 0 Å². The van der Waals surface area contributed by atoms with E-state index in [9.17, 15) is 4.79 Å². The van der Waals surface area contributed by atoms with Crippen LogP contribution >= 0.6 is 0 Å². The minimum atomic E-state index is 0.0751. The van der Waals surface area contributed by atoms with Crippen LogP contribution in [0.1, 0.15) is 59.3 Å². The Balaban J connectivity index is 2.53. The lowest BCUT2D eigenvalue weighted by Crippen LogP contribution is -2.46. The van der Waals surface area contributed by atoms with Crippen LogP contribution < -0.4 is 5.73 Å². The number of likely N-dealkylation sites (tertiary alicyclic amines) is 1. The van der Waals surface area contributed by atoms with E-state index in [1.54, 1.807) is 0 Å². The van der Waals surface area contributed by atoms with Crippen LogP contribution in [0.3, 0.4) is 0 Å². The molecule has 21 heavy (non-hydrogen) atoms. The summed E-state index contributed by atoms with van der Waals surface area (Å²) in [5.74, 6) is 0.304. The molecule has 1 heterocycles. The van der Waals surface area contributed by atoms with Gasteiger partial charge in [0.15, 0.2) is 0 Å². The summed E-state index contributed by atoms with van der Waals surface area (Å²) >= 11 is 0. The number of amides is 1. The number of hydrogen-bond acceptors (Lipinski definition) is 3. The third-order valence-electron chi connectivity index (χ3n) is 4.31. The molecule has 1 saturated heterocycles. The Morgan fingerprint density at radius 3 is 2.24 bits per heavy atom. The second-order valence-electron chi connectivity index (χ2n) is 7.23. The topological polar surface area (TPSA) is 49.6 Å². The van der Waals surface area contributed by atoms with E-state index in [1.807, 2.05) is 0 Å². The van der Waals surface area contributed by atoms with Crippen LogP contribution in [-0.4, -0.2) is 55.0 Å². The third-order valence-corrected chi connectivity index (χ3v) is 4.31. The fourth-order valence-electron chi connectivity index (χ4n) is 2.99. The van der Waals surface area contributed by atoms with Crippen molar-refractivity contribution in [1.29, 1.82) is 0 Å². The van der Waals surface area contributed by atoms with Crippen LogP contribution in [-0.2, 0) is 4.79 Å². The Morgan fingerprint density at radius 2 is 1.71 bits per heavy atom. The lowest BCUT2D eigenvalue weighted by Gasteiger charge is -2.33. The van der Waals surface area contributed by atoms with E-state index in [-0.39, 0.29) is 5.41 Å². The largest absolute Gasteiger partial charge is 0.342 e. The van der Waals surface area contributed by atoms with Crippen molar-refractivity contribution >= 4 is 5.91 Å². The summed E-state index contributed by atoms with van der Waals surface area (Å²) in [6, 6.07) is 0. The van der Waals surface area contributed by atoms with Crippen molar-refractivity contribution in [3.8, 4) is 0 Å². The molecular weight excluding hydrogens is 262 g/mol. The molecule has 124 valence electrons. The van der Waals surface area contributed by atoms with Crippen LogP contribution in [0.15, 0.2) is 0 Å². The number of rotatable bonds is 7. The molecule has 4 nitrogen and oxygen atoms in total. The average molecular weight is 297 g/mol. The zero-order valence-electron chi connectivity index (χ0n) is 14.4. The van der Waals surface area contributed by atoms with Crippen LogP contribution in [0.25, 0.3) is 0 Å². The SMILES string of the molecule is CCCN(CC(=O)N1CCCCCCC1)CC(C)(C)CN. The van der Waals surface area contributed by atoms with Crippen molar-refractivity contribution in [1.82, 2.24) is 9.80 Å². The molecule has 1 rings (SSSR count). The second kappa shape index (κ2) is 9.42. The Labute approximate surface area is 131 Å². The minimum Gasteiger partial charge on any atom is -0.342 e. The molecule has 0 unspecified atom stereocenters. The highest BCUT2D eigenvalue weighted by molar-refractivity contribution is 5.78. The van der Waals surface area contributed by atoms with Gasteiger partial charge in [-0.1, -0.05) is 40.0 Å². The molecule has 0 spiro atoms. The maximum atomic E-state index is 12.6. The minimum absolute atomic E-state index is 0.0751.